The van der Waals surface area contributed by atoms with Gasteiger partial charge in [-0.2, -0.15) is 13.2 Å². The maximum absolute atomic E-state index is 12.2. The Labute approximate surface area is 95.5 Å². The van der Waals surface area contributed by atoms with Crippen LogP contribution in [0.2, 0.25) is 0 Å². The average Bonchev–Trinajstić information content (AvgIpc) is 2.25. The van der Waals surface area contributed by atoms with Crippen molar-refractivity contribution < 1.29 is 28.2 Å². The average molecular weight is 248 g/mol. The molecule has 0 bridgehead atoms. The third-order valence-electron chi connectivity index (χ3n) is 2.27. The molecule has 0 aliphatic heterocycles. The Kier molecular flexibility index (Phi) is 4.11. The number of aliphatic carboxylic acids is 1. The third-order valence-corrected chi connectivity index (χ3v) is 2.27. The van der Waals surface area contributed by atoms with E-state index in [1.807, 2.05) is 0 Å². The van der Waals surface area contributed by atoms with Crippen LogP contribution in [0.4, 0.5) is 13.2 Å². The highest BCUT2D eigenvalue weighted by Gasteiger charge is 2.29. The fourth-order valence-electron chi connectivity index (χ4n) is 1.29. The minimum absolute atomic E-state index is 0.0271. The molecule has 1 atom stereocenters. The Balaban J connectivity index is 2.60. The van der Waals surface area contributed by atoms with Crippen LogP contribution in [0.25, 0.3) is 0 Å². The molecule has 94 valence electrons. The minimum Gasteiger partial charge on any atom is -0.479 e. The van der Waals surface area contributed by atoms with Gasteiger partial charge >= 0.3 is 12.1 Å². The highest BCUT2D eigenvalue weighted by Crippen LogP contribution is 2.29. The standard InChI is InChI=1S/C11H11F3O3/c12-11(13,14)8-4-1-7(2-5-8)3-6-9(15)10(16)17/h1-2,4-5,9,15H,3,6H2,(H,16,17). The highest BCUT2D eigenvalue weighted by molar-refractivity contribution is 5.71. The lowest BCUT2D eigenvalue weighted by atomic mass is 10.0. The van der Waals surface area contributed by atoms with Gasteiger partial charge in [-0.1, -0.05) is 12.1 Å². The Bertz CT molecular complexity index is 384. The van der Waals surface area contributed by atoms with E-state index in [-0.39, 0.29) is 12.8 Å². The molecule has 1 aromatic carbocycles. The number of aryl methyl sites for hydroxylation is 1. The molecule has 1 aromatic rings. The summed E-state index contributed by atoms with van der Waals surface area (Å²) in [4.78, 5) is 10.3. The fourth-order valence-corrected chi connectivity index (χ4v) is 1.29. The lowest BCUT2D eigenvalue weighted by Crippen LogP contribution is -2.19. The van der Waals surface area contributed by atoms with E-state index < -0.39 is 23.8 Å². The number of carbonyl (C=O) groups is 1. The molecule has 0 saturated carbocycles. The molecule has 0 heterocycles. The quantitative estimate of drug-likeness (QED) is 0.857. The van der Waals surface area contributed by atoms with Crippen LogP contribution in [0.1, 0.15) is 17.5 Å². The maximum Gasteiger partial charge on any atom is 0.416 e. The molecule has 3 nitrogen and oxygen atoms in total. The zero-order chi connectivity index (χ0) is 13.1. The van der Waals surface area contributed by atoms with Gasteiger partial charge in [-0.15, -0.1) is 0 Å². The number of aliphatic hydroxyl groups excluding tert-OH is 1. The molecule has 2 N–H and O–H groups in total. The van der Waals surface area contributed by atoms with Crippen molar-refractivity contribution in [1.82, 2.24) is 0 Å². The van der Waals surface area contributed by atoms with Crippen LogP contribution in [-0.4, -0.2) is 22.3 Å². The summed E-state index contributed by atoms with van der Waals surface area (Å²) in [6.45, 7) is 0. The van der Waals surface area contributed by atoms with Crippen LogP contribution in [0.15, 0.2) is 24.3 Å². The van der Waals surface area contributed by atoms with E-state index in [9.17, 15) is 18.0 Å². The number of carboxylic acid groups (broad SMARTS) is 1. The van der Waals surface area contributed by atoms with Gasteiger partial charge in [-0.05, 0) is 30.5 Å². The molecular weight excluding hydrogens is 237 g/mol. The monoisotopic (exact) mass is 248 g/mol. The number of benzene rings is 1. The fraction of sp³-hybridized carbons (Fsp3) is 0.364. The predicted molar refractivity (Wildman–Crippen MR) is 53.4 cm³/mol. The van der Waals surface area contributed by atoms with Crippen molar-refractivity contribution in [3.05, 3.63) is 35.4 Å². The maximum atomic E-state index is 12.2. The summed E-state index contributed by atoms with van der Waals surface area (Å²) in [5.41, 5.74) is -0.196. The highest BCUT2D eigenvalue weighted by atomic mass is 19.4. The van der Waals surface area contributed by atoms with Gasteiger partial charge in [0.05, 0.1) is 5.56 Å². The van der Waals surface area contributed by atoms with Crippen LogP contribution in [0, 0.1) is 0 Å². The number of carboxylic acids is 1. The Morgan fingerprint density at radius 2 is 1.76 bits per heavy atom. The summed E-state index contributed by atoms with van der Waals surface area (Å²) in [5.74, 6) is -1.34. The van der Waals surface area contributed by atoms with Gasteiger partial charge in [0.15, 0.2) is 6.10 Å². The first kappa shape index (κ1) is 13.5. The molecule has 1 unspecified atom stereocenters. The molecular formula is C11H11F3O3. The Morgan fingerprint density at radius 3 is 2.18 bits per heavy atom. The van der Waals surface area contributed by atoms with Crippen molar-refractivity contribution >= 4 is 5.97 Å². The molecule has 6 heteroatoms. The van der Waals surface area contributed by atoms with E-state index >= 15 is 0 Å². The number of hydrogen-bond donors (Lipinski definition) is 2. The van der Waals surface area contributed by atoms with Gasteiger partial charge in [0.25, 0.3) is 0 Å². The summed E-state index contributed by atoms with van der Waals surface area (Å²) in [5, 5.41) is 17.4. The van der Waals surface area contributed by atoms with Gasteiger partial charge in [-0.25, -0.2) is 4.79 Å². The van der Waals surface area contributed by atoms with Crippen molar-refractivity contribution in [3.8, 4) is 0 Å². The Hall–Kier alpha value is -1.56. The second kappa shape index (κ2) is 5.18. The zero-order valence-electron chi connectivity index (χ0n) is 8.74. The second-order valence-electron chi connectivity index (χ2n) is 3.59. The van der Waals surface area contributed by atoms with Crippen molar-refractivity contribution in [2.75, 3.05) is 0 Å². The topological polar surface area (TPSA) is 57.5 Å². The summed E-state index contributed by atoms with van der Waals surface area (Å²) in [6, 6.07) is 4.42. The first-order valence-corrected chi connectivity index (χ1v) is 4.87. The SMILES string of the molecule is O=C(O)C(O)CCc1ccc(C(F)(F)F)cc1. The van der Waals surface area contributed by atoms with Crippen LogP contribution < -0.4 is 0 Å². The molecule has 0 saturated heterocycles. The molecule has 1 rings (SSSR count). The lowest BCUT2D eigenvalue weighted by Gasteiger charge is -2.08. The van der Waals surface area contributed by atoms with Gasteiger partial charge in [0.2, 0.25) is 0 Å². The number of rotatable bonds is 4. The molecule has 0 aliphatic rings. The molecule has 0 radical (unpaired) electrons. The first-order valence-electron chi connectivity index (χ1n) is 4.87. The Morgan fingerprint density at radius 1 is 1.24 bits per heavy atom. The molecule has 0 aromatic heterocycles. The molecule has 17 heavy (non-hydrogen) atoms. The van der Waals surface area contributed by atoms with E-state index in [0.29, 0.717) is 5.56 Å². The molecule has 0 amide bonds. The molecule has 0 aliphatic carbocycles. The number of halogens is 3. The van der Waals surface area contributed by atoms with Crippen molar-refractivity contribution in [2.24, 2.45) is 0 Å². The lowest BCUT2D eigenvalue weighted by molar-refractivity contribution is -0.146. The summed E-state index contributed by atoms with van der Waals surface area (Å²) in [7, 11) is 0. The zero-order valence-corrected chi connectivity index (χ0v) is 8.74. The number of hydrogen-bond acceptors (Lipinski definition) is 2. The molecule has 0 spiro atoms. The van der Waals surface area contributed by atoms with Gasteiger partial charge in [-0.3, -0.25) is 0 Å². The first-order chi connectivity index (χ1) is 7.80. The van der Waals surface area contributed by atoms with E-state index in [1.165, 1.54) is 12.1 Å². The van der Waals surface area contributed by atoms with E-state index in [2.05, 4.69) is 0 Å². The van der Waals surface area contributed by atoms with E-state index in [4.69, 9.17) is 10.2 Å². The van der Waals surface area contributed by atoms with Crippen LogP contribution in [0.3, 0.4) is 0 Å². The normalized spacial score (nSPS) is 13.4. The van der Waals surface area contributed by atoms with Crippen LogP contribution in [-0.2, 0) is 17.4 Å². The van der Waals surface area contributed by atoms with Crippen LogP contribution >= 0.6 is 0 Å². The molecule has 0 fully saturated rings. The van der Waals surface area contributed by atoms with Crippen molar-refractivity contribution in [2.45, 2.75) is 25.1 Å². The van der Waals surface area contributed by atoms with Gasteiger partial charge in [0, 0.05) is 0 Å². The predicted octanol–water partition coefficient (Wildman–Crippen LogP) is 2.08. The summed E-state index contributed by atoms with van der Waals surface area (Å²) >= 11 is 0. The van der Waals surface area contributed by atoms with Gasteiger partial charge < -0.3 is 10.2 Å². The van der Waals surface area contributed by atoms with Crippen LogP contribution in [0.5, 0.6) is 0 Å². The number of alkyl halides is 3. The smallest absolute Gasteiger partial charge is 0.416 e. The summed E-state index contributed by atoms with van der Waals surface area (Å²) in [6.07, 6.45) is -5.68. The summed E-state index contributed by atoms with van der Waals surface area (Å²) < 4.78 is 36.7. The van der Waals surface area contributed by atoms with Crippen molar-refractivity contribution in [1.29, 1.82) is 0 Å². The third kappa shape index (κ3) is 4.07. The minimum atomic E-state index is -4.38. The van der Waals surface area contributed by atoms with Crippen molar-refractivity contribution in [3.63, 3.8) is 0 Å². The largest absolute Gasteiger partial charge is 0.479 e. The number of aliphatic hydroxyl groups is 1. The second-order valence-corrected chi connectivity index (χ2v) is 3.59. The van der Waals surface area contributed by atoms with E-state index in [0.717, 1.165) is 12.1 Å². The van der Waals surface area contributed by atoms with E-state index in [1.54, 1.807) is 0 Å². The van der Waals surface area contributed by atoms with Gasteiger partial charge in [0.1, 0.15) is 0 Å².